The van der Waals surface area contributed by atoms with Crippen LogP contribution in [0.25, 0.3) is 0 Å². The first-order valence-electron chi connectivity index (χ1n) is 4.85. The van der Waals surface area contributed by atoms with Crippen LogP contribution in [0.15, 0.2) is 40.0 Å². The van der Waals surface area contributed by atoms with Crippen LogP contribution in [-0.4, -0.2) is 18.2 Å². The molecule has 0 bridgehead atoms. The van der Waals surface area contributed by atoms with E-state index in [0.717, 1.165) is 0 Å². The Morgan fingerprint density at radius 3 is 2.72 bits per heavy atom. The summed E-state index contributed by atoms with van der Waals surface area (Å²) in [6.07, 6.45) is 2.53. The molecule has 0 aliphatic rings. The average molecular weight is 334 g/mol. The third-order valence-electron chi connectivity index (χ3n) is 2.17. The lowest BCUT2D eigenvalue weighted by atomic mass is 10.3. The number of rotatable bonds is 3. The summed E-state index contributed by atoms with van der Waals surface area (Å²) in [5.41, 5.74) is -0.109. The van der Waals surface area contributed by atoms with Crippen molar-refractivity contribution in [2.45, 2.75) is 4.90 Å². The number of aromatic nitrogens is 2. The van der Waals surface area contributed by atoms with Gasteiger partial charge in [-0.1, -0.05) is 15.9 Å². The Hall–Kier alpha value is -1.41. The first-order valence-corrected chi connectivity index (χ1v) is 7.12. The summed E-state index contributed by atoms with van der Waals surface area (Å²) in [6.45, 7) is 0. The number of hydrogen-bond acceptors (Lipinski definition) is 3. The maximum absolute atomic E-state index is 13.5. The van der Waals surface area contributed by atoms with E-state index in [1.807, 2.05) is 0 Å². The second-order valence-corrected chi connectivity index (χ2v) is 6.18. The summed E-state index contributed by atoms with van der Waals surface area (Å²) >= 11 is 3.09. The highest BCUT2D eigenvalue weighted by Crippen LogP contribution is 2.22. The first kappa shape index (κ1) is 13.0. The van der Waals surface area contributed by atoms with Crippen molar-refractivity contribution in [1.82, 2.24) is 9.78 Å². The third-order valence-corrected chi connectivity index (χ3v) is 3.98. The van der Waals surface area contributed by atoms with Crippen LogP contribution in [0.3, 0.4) is 0 Å². The molecule has 0 amide bonds. The summed E-state index contributed by atoms with van der Waals surface area (Å²) in [7, 11) is -2.22. The van der Waals surface area contributed by atoms with E-state index in [4.69, 9.17) is 0 Å². The molecular formula is C10H9BrFN3O2S. The standard InChI is InChI=1S/C10H9BrFN3O2S/c1-15-6-8(5-13-15)18(16,17)14-10-3-2-7(11)4-9(10)12/h2-6,14H,1H3. The molecule has 0 unspecified atom stereocenters. The molecule has 2 rings (SSSR count). The number of hydrogen-bond donors (Lipinski definition) is 1. The lowest BCUT2D eigenvalue weighted by Crippen LogP contribution is -2.13. The van der Waals surface area contributed by atoms with Crippen molar-refractivity contribution in [1.29, 1.82) is 0 Å². The minimum atomic E-state index is -3.82. The molecule has 0 aliphatic heterocycles. The van der Waals surface area contributed by atoms with Gasteiger partial charge in [0.2, 0.25) is 0 Å². The largest absolute Gasteiger partial charge is 0.277 e. The fourth-order valence-electron chi connectivity index (χ4n) is 1.31. The van der Waals surface area contributed by atoms with Crippen LogP contribution in [0.2, 0.25) is 0 Å². The van der Waals surface area contributed by atoms with Gasteiger partial charge in [-0.15, -0.1) is 0 Å². The lowest BCUT2D eigenvalue weighted by molar-refractivity contribution is 0.598. The highest BCUT2D eigenvalue weighted by Gasteiger charge is 2.17. The van der Waals surface area contributed by atoms with Crippen LogP contribution < -0.4 is 4.72 Å². The molecule has 18 heavy (non-hydrogen) atoms. The van der Waals surface area contributed by atoms with E-state index >= 15 is 0 Å². The molecule has 0 radical (unpaired) electrons. The van der Waals surface area contributed by atoms with Crippen LogP contribution in [-0.2, 0) is 17.1 Å². The van der Waals surface area contributed by atoms with Gasteiger partial charge >= 0.3 is 0 Å². The topological polar surface area (TPSA) is 64.0 Å². The van der Waals surface area contributed by atoms with E-state index in [9.17, 15) is 12.8 Å². The second kappa shape index (κ2) is 4.69. The van der Waals surface area contributed by atoms with Gasteiger partial charge in [-0.2, -0.15) is 5.10 Å². The van der Waals surface area contributed by atoms with Gasteiger partial charge in [-0.3, -0.25) is 9.40 Å². The van der Waals surface area contributed by atoms with Gasteiger partial charge in [0.05, 0.1) is 11.9 Å². The van der Waals surface area contributed by atoms with Gasteiger partial charge < -0.3 is 0 Å². The zero-order valence-corrected chi connectivity index (χ0v) is 11.7. The Labute approximate surface area is 112 Å². The molecule has 0 saturated carbocycles. The Balaban J connectivity index is 2.33. The van der Waals surface area contributed by atoms with Crippen molar-refractivity contribution in [3.8, 4) is 0 Å². The van der Waals surface area contributed by atoms with Crippen LogP contribution in [0, 0.1) is 5.82 Å². The number of nitrogens with zero attached hydrogens (tertiary/aromatic N) is 2. The van der Waals surface area contributed by atoms with Crippen molar-refractivity contribution >= 4 is 31.6 Å². The molecule has 2 aromatic rings. The predicted octanol–water partition coefficient (Wildman–Crippen LogP) is 2.12. The van der Waals surface area contributed by atoms with E-state index in [1.54, 1.807) is 13.1 Å². The van der Waals surface area contributed by atoms with E-state index in [0.29, 0.717) is 4.47 Å². The molecule has 0 saturated heterocycles. The average Bonchev–Trinajstić information content (AvgIpc) is 2.70. The molecule has 0 fully saturated rings. The molecule has 1 aromatic carbocycles. The van der Waals surface area contributed by atoms with Gasteiger partial charge in [0.1, 0.15) is 10.7 Å². The van der Waals surface area contributed by atoms with E-state index < -0.39 is 15.8 Å². The first-order chi connectivity index (χ1) is 8.38. The monoisotopic (exact) mass is 333 g/mol. The Morgan fingerprint density at radius 1 is 1.44 bits per heavy atom. The summed E-state index contributed by atoms with van der Waals surface area (Å²) in [6, 6.07) is 4.07. The van der Waals surface area contributed by atoms with Gasteiger partial charge in [0.15, 0.2) is 0 Å². The Morgan fingerprint density at radius 2 is 2.17 bits per heavy atom. The number of nitrogens with one attached hydrogen (secondary N) is 1. The zero-order valence-electron chi connectivity index (χ0n) is 9.26. The van der Waals surface area contributed by atoms with Crippen LogP contribution in [0.5, 0.6) is 0 Å². The fourth-order valence-corrected chi connectivity index (χ4v) is 2.70. The zero-order chi connectivity index (χ0) is 13.3. The maximum atomic E-state index is 13.5. The SMILES string of the molecule is Cn1cc(S(=O)(=O)Nc2ccc(Br)cc2F)cn1. The van der Waals surface area contributed by atoms with Crippen LogP contribution in [0.4, 0.5) is 10.1 Å². The molecule has 1 heterocycles. The minimum Gasteiger partial charge on any atom is -0.277 e. The third kappa shape index (κ3) is 2.70. The highest BCUT2D eigenvalue weighted by molar-refractivity contribution is 9.10. The molecule has 5 nitrogen and oxygen atoms in total. The normalized spacial score (nSPS) is 11.5. The number of benzene rings is 1. The molecule has 1 N–H and O–H groups in total. The number of sulfonamides is 1. The molecule has 0 spiro atoms. The molecule has 0 aliphatic carbocycles. The quantitative estimate of drug-likeness (QED) is 0.935. The predicted molar refractivity (Wildman–Crippen MR) is 68.1 cm³/mol. The maximum Gasteiger partial charge on any atom is 0.265 e. The van der Waals surface area contributed by atoms with Crippen molar-refractivity contribution in [2.75, 3.05) is 4.72 Å². The molecule has 1 aromatic heterocycles. The minimum absolute atomic E-state index is 0.0210. The molecule has 96 valence electrons. The van der Waals surface area contributed by atoms with Crippen molar-refractivity contribution in [3.05, 3.63) is 40.9 Å². The van der Waals surface area contributed by atoms with E-state index in [2.05, 4.69) is 25.8 Å². The summed E-state index contributed by atoms with van der Waals surface area (Å²) in [5.74, 6) is -0.656. The molecular weight excluding hydrogens is 325 g/mol. The summed E-state index contributed by atoms with van der Waals surface area (Å²) in [4.78, 5) is -0.0210. The Bertz CT molecular complexity index is 684. The van der Waals surface area contributed by atoms with Crippen LogP contribution >= 0.6 is 15.9 Å². The van der Waals surface area contributed by atoms with E-state index in [-0.39, 0.29) is 10.6 Å². The van der Waals surface area contributed by atoms with Gasteiger partial charge in [0.25, 0.3) is 10.0 Å². The molecule has 0 atom stereocenters. The van der Waals surface area contributed by atoms with Gasteiger partial charge in [0, 0.05) is 17.7 Å². The van der Waals surface area contributed by atoms with Gasteiger partial charge in [-0.25, -0.2) is 12.8 Å². The Kier molecular flexibility index (Phi) is 3.40. The lowest BCUT2D eigenvalue weighted by Gasteiger charge is -2.07. The highest BCUT2D eigenvalue weighted by atomic mass is 79.9. The van der Waals surface area contributed by atoms with E-state index in [1.165, 1.54) is 29.2 Å². The van der Waals surface area contributed by atoms with Crippen molar-refractivity contribution in [2.24, 2.45) is 7.05 Å². The number of aryl methyl sites for hydroxylation is 1. The van der Waals surface area contributed by atoms with Gasteiger partial charge in [-0.05, 0) is 18.2 Å². The fraction of sp³-hybridized carbons (Fsp3) is 0.100. The smallest absolute Gasteiger partial charge is 0.265 e. The van der Waals surface area contributed by atoms with Crippen LogP contribution in [0.1, 0.15) is 0 Å². The number of halogens is 2. The second-order valence-electron chi connectivity index (χ2n) is 3.58. The van der Waals surface area contributed by atoms with Crippen molar-refractivity contribution in [3.63, 3.8) is 0 Å². The van der Waals surface area contributed by atoms with Crippen molar-refractivity contribution < 1.29 is 12.8 Å². The summed E-state index contributed by atoms with van der Waals surface area (Å²) < 4.78 is 41.4. The molecule has 8 heteroatoms. The summed E-state index contributed by atoms with van der Waals surface area (Å²) in [5, 5.41) is 3.76. The number of anilines is 1.